The van der Waals surface area contributed by atoms with Gasteiger partial charge in [0, 0.05) is 39.6 Å². The van der Waals surface area contributed by atoms with Crippen LogP contribution in [0.2, 0.25) is 0 Å². The minimum absolute atomic E-state index is 0.00558. The van der Waals surface area contributed by atoms with Crippen molar-refractivity contribution in [3.63, 3.8) is 0 Å². The number of piperidine rings is 1. The Morgan fingerprint density at radius 1 is 1.27 bits per heavy atom. The zero-order valence-corrected chi connectivity index (χ0v) is 13.8. The van der Waals surface area contributed by atoms with E-state index in [1.165, 1.54) is 0 Å². The third kappa shape index (κ3) is 2.44. The number of hydrogen-bond acceptors (Lipinski definition) is 4. The van der Waals surface area contributed by atoms with Crippen LogP contribution in [0, 0.1) is 0 Å². The van der Waals surface area contributed by atoms with Gasteiger partial charge in [-0.05, 0) is 25.7 Å². The first-order chi connectivity index (χ1) is 10.4. The van der Waals surface area contributed by atoms with Crippen LogP contribution in [0.4, 0.5) is 0 Å². The molecule has 0 unspecified atom stereocenters. The summed E-state index contributed by atoms with van der Waals surface area (Å²) in [6, 6.07) is 0. The highest BCUT2D eigenvalue weighted by Gasteiger charge is 2.48. The van der Waals surface area contributed by atoms with Crippen LogP contribution in [0.15, 0.2) is 18.7 Å². The fourth-order valence-corrected chi connectivity index (χ4v) is 5.04. The molecule has 0 N–H and O–H groups in total. The first-order valence-electron chi connectivity index (χ1n) is 7.57. The van der Waals surface area contributed by atoms with Gasteiger partial charge in [0.2, 0.25) is 15.9 Å². The van der Waals surface area contributed by atoms with Crippen LogP contribution in [0.25, 0.3) is 0 Å². The molecule has 2 fully saturated rings. The number of carbonyl (C=O) groups is 1. The molecular weight excluding hydrogens is 304 g/mol. The molecule has 0 atom stereocenters. The van der Waals surface area contributed by atoms with E-state index in [9.17, 15) is 13.2 Å². The number of aromatic nitrogens is 2. The van der Waals surface area contributed by atoms with Crippen LogP contribution in [0.5, 0.6) is 0 Å². The largest absolute Gasteiger partial charge is 0.347 e. The Kier molecular flexibility index (Phi) is 3.76. The topological polar surface area (TPSA) is 75.5 Å². The van der Waals surface area contributed by atoms with Crippen LogP contribution < -0.4 is 0 Å². The van der Waals surface area contributed by atoms with Crippen molar-refractivity contribution in [3.05, 3.63) is 18.7 Å². The van der Waals surface area contributed by atoms with Gasteiger partial charge in [-0.1, -0.05) is 0 Å². The van der Waals surface area contributed by atoms with E-state index in [0.29, 0.717) is 25.9 Å². The zero-order valence-electron chi connectivity index (χ0n) is 13.0. The molecule has 1 saturated carbocycles. The summed E-state index contributed by atoms with van der Waals surface area (Å²) in [6.07, 6.45) is 7.57. The average molecular weight is 326 g/mol. The first-order valence-corrected chi connectivity index (χ1v) is 9.07. The lowest BCUT2D eigenvalue weighted by atomic mass is 9.86. The van der Waals surface area contributed by atoms with Gasteiger partial charge in [-0.15, -0.1) is 0 Å². The molecule has 3 rings (SSSR count). The lowest BCUT2D eigenvalue weighted by Crippen LogP contribution is -2.55. The van der Waals surface area contributed by atoms with Crippen molar-refractivity contribution in [1.29, 1.82) is 0 Å². The number of rotatable bonds is 4. The Morgan fingerprint density at radius 2 is 1.91 bits per heavy atom. The number of amides is 1. The van der Waals surface area contributed by atoms with Gasteiger partial charge >= 0.3 is 0 Å². The van der Waals surface area contributed by atoms with Gasteiger partial charge < -0.3 is 9.47 Å². The maximum absolute atomic E-state index is 12.7. The van der Waals surface area contributed by atoms with Crippen LogP contribution >= 0.6 is 0 Å². The maximum atomic E-state index is 12.7. The molecule has 0 radical (unpaired) electrons. The van der Waals surface area contributed by atoms with Gasteiger partial charge in [-0.25, -0.2) is 17.7 Å². The molecule has 2 heterocycles. The molecule has 1 aliphatic carbocycles. The van der Waals surface area contributed by atoms with Gasteiger partial charge in [0.15, 0.2) is 0 Å². The number of hydrogen-bond donors (Lipinski definition) is 0. The minimum Gasteiger partial charge on any atom is -0.347 e. The first kappa shape index (κ1) is 15.5. The standard InChI is InChI=1S/C14H22N4O3S/c1-16(2)13(19)14(17-10-7-15-11-17)5-8-18(9-6-14)22(20,21)12-3-4-12/h7,10-12H,3-6,8-9H2,1-2H3. The second-order valence-corrected chi connectivity index (χ2v) is 8.56. The predicted molar refractivity (Wildman–Crippen MR) is 81.6 cm³/mol. The van der Waals surface area contributed by atoms with Crippen molar-refractivity contribution < 1.29 is 13.2 Å². The highest BCUT2D eigenvalue weighted by molar-refractivity contribution is 7.90. The number of carbonyl (C=O) groups excluding carboxylic acids is 1. The van der Waals surface area contributed by atoms with E-state index < -0.39 is 15.6 Å². The quantitative estimate of drug-likeness (QED) is 0.795. The van der Waals surface area contributed by atoms with E-state index in [4.69, 9.17) is 0 Å². The zero-order chi connectivity index (χ0) is 16.0. The van der Waals surface area contributed by atoms with Gasteiger partial charge in [0.05, 0.1) is 11.6 Å². The summed E-state index contributed by atoms with van der Waals surface area (Å²) in [6.45, 7) is 0.771. The predicted octanol–water partition coefficient (Wildman–Crippen LogP) is 0.255. The summed E-state index contributed by atoms with van der Waals surface area (Å²) in [7, 11) is 0.291. The van der Waals surface area contributed by atoms with E-state index in [2.05, 4.69) is 4.98 Å². The smallest absolute Gasteiger partial charge is 0.248 e. The van der Waals surface area contributed by atoms with Gasteiger partial charge in [-0.3, -0.25) is 4.79 Å². The van der Waals surface area contributed by atoms with Crippen LogP contribution in [-0.4, -0.2) is 65.5 Å². The van der Waals surface area contributed by atoms with E-state index in [0.717, 1.165) is 12.8 Å². The van der Waals surface area contributed by atoms with Gasteiger partial charge in [0.1, 0.15) is 5.54 Å². The van der Waals surface area contributed by atoms with Gasteiger partial charge in [-0.2, -0.15) is 0 Å². The fraction of sp³-hybridized carbons (Fsp3) is 0.714. The fourth-order valence-electron chi connectivity index (χ4n) is 3.20. The molecule has 1 saturated heterocycles. The molecule has 0 bridgehead atoms. The van der Waals surface area contributed by atoms with Crippen molar-refractivity contribution >= 4 is 15.9 Å². The summed E-state index contributed by atoms with van der Waals surface area (Å²) >= 11 is 0. The highest BCUT2D eigenvalue weighted by Crippen LogP contribution is 2.37. The molecule has 7 nitrogen and oxygen atoms in total. The van der Waals surface area contributed by atoms with Crippen molar-refractivity contribution in [2.75, 3.05) is 27.2 Å². The molecule has 1 amide bonds. The molecule has 1 aromatic heterocycles. The molecule has 22 heavy (non-hydrogen) atoms. The van der Waals surface area contributed by atoms with Gasteiger partial charge in [0.25, 0.3) is 0 Å². The molecule has 1 aliphatic heterocycles. The molecule has 122 valence electrons. The Bertz CT molecular complexity index is 642. The Balaban J connectivity index is 1.84. The highest BCUT2D eigenvalue weighted by atomic mass is 32.2. The molecule has 8 heteroatoms. The number of nitrogens with zero attached hydrogens (tertiary/aromatic N) is 4. The van der Waals surface area contributed by atoms with Crippen LogP contribution in [-0.2, 0) is 20.4 Å². The van der Waals surface area contributed by atoms with E-state index in [-0.39, 0.29) is 11.2 Å². The van der Waals surface area contributed by atoms with Crippen molar-refractivity contribution in [1.82, 2.24) is 18.8 Å². The third-order valence-corrected chi connectivity index (χ3v) is 7.06. The summed E-state index contributed by atoms with van der Waals surface area (Å²) in [5, 5.41) is -0.196. The molecule has 2 aliphatic rings. The molecule has 1 aromatic rings. The summed E-state index contributed by atoms with van der Waals surface area (Å²) in [5.41, 5.74) is -0.727. The summed E-state index contributed by atoms with van der Waals surface area (Å²) in [4.78, 5) is 18.4. The second-order valence-electron chi connectivity index (χ2n) is 6.34. The molecule has 0 spiro atoms. The summed E-state index contributed by atoms with van der Waals surface area (Å²) < 4.78 is 28.1. The Morgan fingerprint density at radius 3 is 2.36 bits per heavy atom. The monoisotopic (exact) mass is 326 g/mol. The minimum atomic E-state index is -3.17. The summed E-state index contributed by atoms with van der Waals surface area (Å²) in [5.74, 6) is -0.00558. The van der Waals surface area contributed by atoms with Crippen LogP contribution in [0.1, 0.15) is 25.7 Å². The third-order valence-electron chi connectivity index (χ3n) is 4.66. The lowest BCUT2D eigenvalue weighted by molar-refractivity contribution is -0.140. The molecule has 0 aromatic carbocycles. The van der Waals surface area contributed by atoms with E-state index >= 15 is 0 Å². The van der Waals surface area contributed by atoms with Crippen molar-refractivity contribution in [2.45, 2.75) is 36.5 Å². The lowest BCUT2D eigenvalue weighted by Gasteiger charge is -2.42. The number of sulfonamides is 1. The maximum Gasteiger partial charge on any atom is 0.248 e. The Labute approximate surface area is 131 Å². The van der Waals surface area contributed by atoms with Crippen LogP contribution in [0.3, 0.4) is 0 Å². The van der Waals surface area contributed by atoms with Crippen molar-refractivity contribution in [2.24, 2.45) is 0 Å². The van der Waals surface area contributed by atoms with E-state index in [1.54, 1.807) is 42.0 Å². The second kappa shape index (κ2) is 5.34. The molecular formula is C14H22N4O3S. The average Bonchev–Trinajstić information content (AvgIpc) is 3.22. The number of imidazole rings is 1. The number of likely N-dealkylation sites (N-methyl/N-ethyl adjacent to an activating group) is 1. The normalized spacial score (nSPS) is 22.5. The SMILES string of the molecule is CN(C)C(=O)C1(n2ccnc2)CCN(S(=O)(=O)C2CC2)CC1. The van der Waals surface area contributed by atoms with E-state index in [1.807, 2.05) is 4.57 Å². The Hall–Kier alpha value is -1.41. The van der Waals surface area contributed by atoms with Crippen molar-refractivity contribution in [3.8, 4) is 0 Å².